The molecule has 0 aromatic heterocycles. The Morgan fingerprint density at radius 2 is 0.366 bits per heavy atom. The third kappa shape index (κ3) is 21.3. The molecule has 0 bridgehead atoms. The van der Waals surface area contributed by atoms with E-state index >= 15 is 19.2 Å². The smallest absolute Gasteiger partial charge is 0.252 e. The lowest BCUT2D eigenvalue weighted by Gasteiger charge is -2.38. The summed E-state index contributed by atoms with van der Waals surface area (Å²) in [4.78, 5) is 67.4. The monoisotopic (exact) mass is 1550 g/mol. The average molecular weight is 1550 g/mol. The molecule has 4 N–H and O–H groups in total. The molecular formula is C98H104N6O4P4. The molecule has 0 spiro atoms. The molecule has 0 heterocycles. The zero-order chi connectivity index (χ0) is 78.3. The van der Waals surface area contributed by atoms with Gasteiger partial charge < -0.3 is 21.3 Å². The SMILES string of the molecule is CC(C)[C@@H](CN(CCN(C[C@@H](NC(=O)c1ccccc1P(c1ccccc1)c1ccccc1)C(C)C)C[C@@H](NC(=O)c1ccccc1P(c1ccccc1)c1ccccc1)C(C)C)C[C@@H](NC(=O)c1ccccc1P(c1ccccc1)c1ccccc1)C(C)C)NC(=O)c1ccccc1P(c1ccccc1)c1ccccc1. The highest BCUT2D eigenvalue weighted by Crippen LogP contribution is 2.38. The molecule has 12 rings (SSSR count). The quantitative estimate of drug-likeness (QED) is 0.0294. The second kappa shape index (κ2) is 40.6. The number of rotatable bonds is 35. The molecule has 0 aliphatic carbocycles. The van der Waals surface area contributed by atoms with Gasteiger partial charge in [0.2, 0.25) is 0 Å². The largest absolute Gasteiger partial charge is 0.348 e. The summed E-state index contributed by atoms with van der Waals surface area (Å²) in [5.74, 6) is -0.728. The van der Waals surface area contributed by atoms with E-state index in [9.17, 15) is 0 Å². The molecule has 570 valence electrons. The van der Waals surface area contributed by atoms with Gasteiger partial charge in [-0.1, -0.05) is 371 Å². The van der Waals surface area contributed by atoms with Crippen LogP contribution in [0.5, 0.6) is 0 Å². The molecule has 0 radical (unpaired) electrons. The van der Waals surface area contributed by atoms with Crippen molar-refractivity contribution in [2.24, 2.45) is 23.7 Å². The summed E-state index contributed by atoms with van der Waals surface area (Å²) in [7, 11) is -4.51. The molecule has 4 amide bonds. The van der Waals surface area contributed by atoms with Crippen LogP contribution < -0.4 is 84.9 Å². The van der Waals surface area contributed by atoms with Crippen LogP contribution in [-0.2, 0) is 0 Å². The van der Waals surface area contributed by atoms with Crippen molar-refractivity contribution in [1.29, 1.82) is 0 Å². The van der Waals surface area contributed by atoms with Gasteiger partial charge in [-0.15, -0.1) is 0 Å². The van der Waals surface area contributed by atoms with Crippen LogP contribution in [0.1, 0.15) is 96.8 Å². The highest BCUT2D eigenvalue weighted by molar-refractivity contribution is 7.81. The molecule has 10 nitrogen and oxygen atoms in total. The minimum absolute atomic E-state index is 0.0323. The Hall–Kier alpha value is -9.84. The summed E-state index contributed by atoms with van der Waals surface area (Å²) in [6.45, 7) is 20.1. The maximum Gasteiger partial charge on any atom is 0.252 e. The van der Waals surface area contributed by atoms with Crippen LogP contribution in [0.4, 0.5) is 0 Å². The molecule has 12 aromatic carbocycles. The Bertz CT molecular complexity index is 4170. The molecule has 12 aromatic rings. The Labute approximate surface area is 669 Å². The first-order valence-corrected chi connectivity index (χ1v) is 44.6. The van der Waals surface area contributed by atoms with Crippen molar-refractivity contribution in [1.82, 2.24) is 31.1 Å². The Morgan fingerprint density at radius 3 is 0.518 bits per heavy atom. The maximum atomic E-state index is 15.6. The van der Waals surface area contributed by atoms with Gasteiger partial charge in [-0.3, -0.25) is 29.0 Å². The van der Waals surface area contributed by atoms with E-state index < -0.39 is 31.7 Å². The molecule has 0 unspecified atom stereocenters. The zero-order valence-corrected chi connectivity index (χ0v) is 69.1. The van der Waals surface area contributed by atoms with Crippen LogP contribution in [-0.4, -0.2) is 96.9 Å². The summed E-state index contributed by atoms with van der Waals surface area (Å²) in [6.07, 6.45) is 0. The number of carbonyl (C=O) groups is 4. The summed E-state index contributed by atoms with van der Waals surface area (Å²) in [5, 5.41) is 27.6. The van der Waals surface area contributed by atoms with Crippen molar-refractivity contribution in [3.05, 3.63) is 362 Å². The van der Waals surface area contributed by atoms with Crippen LogP contribution in [0.3, 0.4) is 0 Å². The molecule has 14 heteroatoms. The van der Waals surface area contributed by atoms with Gasteiger partial charge >= 0.3 is 0 Å². The number of benzene rings is 12. The number of amides is 4. The zero-order valence-electron chi connectivity index (χ0n) is 65.5. The molecule has 0 fully saturated rings. The van der Waals surface area contributed by atoms with Crippen molar-refractivity contribution >= 4 is 119 Å². The van der Waals surface area contributed by atoms with Crippen LogP contribution in [0, 0.1) is 23.7 Å². The standard InChI is InChI=1S/C98H104N6O4P4/c1-71(2)87(99-95(105)83-57-33-37-61-91(83)109(75-41-17-9-18-42-75)76-43-19-10-20-44-76)67-103(68-88(72(3)4)100-96(106)84-58-34-38-62-92(84)110(77-45-21-11-22-46-77)78-47-23-12-24-48-78)65-66-104(69-89(73(5)6)101-97(107)85-59-35-39-63-93(85)111(79-49-25-13-26-50-79)80-51-27-14-28-52-80)70-90(74(7)8)102-98(108)86-60-36-40-64-94(86)112(81-53-29-15-30-54-81)82-55-31-16-32-56-82/h9-64,71-74,87-90H,65-70H2,1-8H3,(H,99,105)(H,100,106)(H,101,107)(H,102,108)/t87-,88-,89-,90-/m1/s1. The normalized spacial score (nSPS) is 12.8. The van der Waals surface area contributed by atoms with Gasteiger partial charge in [-0.2, -0.15) is 0 Å². The number of nitrogens with one attached hydrogen (secondary N) is 4. The molecule has 112 heavy (non-hydrogen) atoms. The molecule has 0 aliphatic heterocycles. The molecular weight excluding hydrogens is 1450 g/mol. The van der Waals surface area contributed by atoms with E-state index in [2.05, 4.69) is 305 Å². The first-order valence-electron chi connectivity index (χ1n) is 39.2. The predicted octanol–water partition coefficient (Wildman–Crippen LogP) is 14.4. The van der Waals surface area contributed by atoms with E-state index in [4.69, 9.17) is 0 Å². The first-order chi connectivity index (χ1) is 54.6. The van der Waals surface area contributed by atoms with Crippen molar-refractivity contribution < 1.29 is 19.2 Å². The highest BCUT2D eigenvalue weighted by Gasteiger charge is 2.34. The molecule has 0 saturated carbocycles. The van der Waals surface area contributed by atoms with Gasteiger partial charge in [0.1, 0.15) is 0 Å². The number of nitrogens with zero attached hydrogens (tertiary/aromatic N) is 2. The van der Waals surface area contributed by atoms with E-state index in [0.29, 0.717) is 61.5 Å². The van der Waals surface area contributed by atoms with Crippen LogP contribution in [0.15, 0.2) is 340 Å². The van der Waals surface area contributed by atoms with Crippen molar-refractivity contribution in [2.75, 3.05) is 39.3 Å². The third-order valence-electron chi connectivity index (χ3n) is 20.7. The van der Waals surface area contributed by atoms with Gasteiger partial charge in [-0.05, 0) is 143 Å². The lowest BCUT2D eigenvalue weighted by Crippen LogP contribution is -2.56. The Kier molecular flexibility index (Phi) is 29.6. The van der Waals surface area contributed by atoms with E-state index in [-0.39, 0.29) is 71.5 Å². The van der Waals surface area contributed by atoms with Crippen LogP contribution in [0.25, 0.3) is 0 Å². The molecule has 4 atom stereocenters. The summed E-state index contributed by atoms with van der Waals surface area (Å²) >= 11 is 0. The van der Waals surface area contributed by atoms with E-state index in [0.717, 1.165) is 63.7 Å². The topological polar surface area (TPSA) is 123 Å². The summed E-state index contributed by atoms with van der Waals surface area (Å²) in [5.41, 5.74) is 2.51. The number of carbonyl (C=O) groups excluding carboxylic acids is 4. The fourth-order valence-corrected chi connectivity index (χ4v) is 24.1. The van der Waals surface area contributed by atoms with Gasteiger partial charge in [-0.25, -0.2) is 0 Å². The van der Waals surface area contributed by atoms with Crippen molar-refractivity contribution in [2.45, 2.75) is 79.6 Å². The lowest BCUT2D eigenvalue weighted by molar-refractivity contribution is 0.0827. The van der Waals surface area contributed by atoms with E-state index in [1.54, 1.807) is 0 Å². The Balaban J connectivity index is 0.917. The second-order valence-corrected chi connectivity index (χ2v) is 38.7. The fraction of sp³-hybridized carbons (Fsp3) is 0.224. The lowest BCUT2D eigenvalue weighted by atomic mass is 9.99. The van der Waals surface area contributed by atoms with Gasteiger partial charge in [0, 0.05) is 85.7 Å². The van der Waals surface area contributed by atoms with Crippen LogP contribution >= 0.6 is 31.7 Å². The number of hydrogen-bond donors (Lipinski definition) is 4. The van der Waals surface area contributed by atoms with E-state index in [1.807, 2.05) is 121 Å². The van der Waals surface area contributed by atoms with Gasteiger partial charge in [0.05, 0.1) is 0 Å². The summed E-state index contributed by atoms with van der Waals surface area (Å²) in [6, 6.07) is 115. The predicted molar refractivity (Wildman–Crippen MR) is 478 cm³/mol. The second-order valence-electron chi connectivity index (χ2n) is 29.9. The minimum Gasteiger partial charge on any atom is -0.348 e. The average Bonchev–Trinajstić information content (AvgIpc) is 0.808. The van der Waals surface area contributed by atoms with Gasteiger partial charge in [0.15, 0.2) is 0 Å². The summed E-state index contributed by atoms with van der Waals surface area (Å²) < 4.78 is 0. The minimum atomic E-state index is -1.13. The van der Waals surface area contributed by atoms with Crippen molar-refractivity contribution in [3.8, 4) is 0 Å². The number of hydrogen-bond acceptors (Lipinski definition) is 6. The third-order valence-corrected chi connectivity index (χ3v) is 30.7. The molecule has 0 saturated heterocycles. The first kappa shape index (κ1) is 81.6. The van der Waals surface area contributed by atoms with Crippen LogP contribution in [0.2, 0.25) is 0 Å². The highest BCUT2D eigenvalue weighted by atomic mass is 31.1. The Morgan fingerprint density at radius 1 is 0.223 bits per heavy atom. The molecule has 0 aliphatic rings. The van der Waals surface area contributed by atoms with E-state index in [1.165, 1.54) is 0 Å². The van der Waals surface area contributed by atoms with Crippen molar-refractivity contribution in [3.63, 3.8) is 0 Å². The maximum absolute atomic E-state index is 15.6. The van der Waals surface area contributed by atoms with Gasteiger partial charge in [0.25, 0.3) is 23.6 Å². The fourth-order valence-electron chi connectivity index (χ4n) is 14.4.